The molecule has 0 unspecified atom stereocenters. The molecule has 2 aliphatic rings. The van der Waals surface area contributed by atoms with Crippen LogP contribution >= 0.6 is 0 Å². The van der Waals surface area contributed by atoms with Crippen LogP contribution in [0.5, 0.6) is 0 Å². The van der Waals surface area contributed by atoms with Crippen molar-refractivity contribution in [2.24, 2.45) is 0 Å². The molecule has 1 fully saturated rings. The van der Waals surface area contributed by atoms with E-state index in [0.29, 0.717) is 5.92 Å². The van der Waals surface area contributed by atoms with E-state index in [4.69, 9.17) is 4.42 Å². The highest BCUT2D eigenvalue weighted by Crippen LogP contribution is 2.56. The van der Waals surface area contributed by atoms with Crippen molar-refractivity contribution < 1.29 is 4.42 Å². The zero-order valence-electron chi connectivity index (χ0n) is 38.2. The van der Waals surface area contributed by atoms with Crippen LogP contribution in [0.4, 0.5) is 17.1 Å². The fraction of sp³-hybridized carbons (Fsp3) is 0.206. The van der Waals surface area contributed by atoms with E-state index < -0.39 is 0 Å². The lowest BCUT2D eigenvalue weighted by Crippen LogP contribution is -2.18. The maximum Gasteiger partial charge on any atom is 0.136 e. The lowest BCUT2D eigenvalue weighted by atomic mass is 9.79. The van der Waals surface area contributed by atoms with Gasteiger partial charge in [0.05, 0.1) is 11.4 Å². The number of hydrogen-bond acceptors (Lipinski definition) is 2. The van der Waals surface area contributed by atoms with Crippen molar-refractivity contribution in [3.8, 4) is 33.4 Å². The molecule has 1 aromatic heterocycles. The molecule has 1 saturated carbocycles. The Kier molecular flexibility index (Phi) is 9.21. The quantitative estimate of drug-likeness (QED) is 0.166. The summed E-state index contributed by atoms with van der Waals surface area (Å²) in [5.74, 6) is 0.624. The van der Waals surface area contributed by atoms with Crippen molar-refractivity contribution >= 4 is 60.5 Å². The number of nitrogens with zero attached hydrogens (tertiary/aromatic N) is 1. The van der Waals surface area contributed by atoms with Gasteiger partial charge in [0.25, 0.3) is 0 Å². The highest BCUT2D eigenvalue weighted by Gasteiger charge is 2.39. The standard InChI is InChI=1S/C63H55NO/c1-62(2,3)47-31-34-51-54(39-47)63(4,5)53-22-14-24-56(61(51)53)64(48-32-27-42(28-33-48)40-15-7-6-8-16-40)55-23-13-21-50(59(55)46-26-25-41-17-9-10-19-44(41)37-46)45-30-35-57-52(38-45)60-49-20-12-11-18-43(49)29-36-58(60)65-57/h9-14,17-40H,6-8,15-16H2,1-5H3. The largest absolute Gasteiger partial charge is 0.456 e. The molecule has 0 saturated heterocycles. The van der Waals surface area contributed by atoms with Crippen LogP contribution in [0.15, 0.2) is 180 Å². The number of benzene rings is 9. The van der Waals surface area contributed by atoms with Gasteiger partial charge in [0.1, 0.15) is 11.2 Å². The summed E-state index contributed by atoms with van der Waals surface area (Å²) in [6, 6.07) is 66.4. The predicted molar refractivity (Wildman–Crippen MR) is 276 cm³/mol. The highest BCUT2D eigenvalue weighted by atomic mass is 16.3. The van der Waals surface area contributed by atoms with Crippen LogP contribution in [0.25, 0.3) is 76.9 Å². The summed E-state index contributed by atoms with van der Waals surface area (Å²) < 4.78 is 6.55. The summed E-state index contributed by atoms with van der Waals surface area (Å²) in [6.07, 6.45) is 6.54. The Morgan fingerprint density at radius 1 is 0.508 bits per heavy atom. The third-order valence-corrected chi connectivity index (χ3v) is 15.0. The molecule has 318 valence electrons. The van der Waals surface area contributed by atoms with Gasteiger partial charge < -0.3 is 9.32 Å². The summed E-state index contributed by atoms with van der Waals surface area (Å²) in [5.41, 5.74) is 18.2. The Balaban J connectivity index is 1.14. The second-order valence-corrected chi connectivity index (χ2v) is 20.3. The molecule has 0 bridgehead atoms. The van der Waals surface area contributed by atoms with E-state index in [1.54, 1.807) is 0 Å². The van der Waals surface area contributed by atoms with Crippen LogP contribution in [0.3, 0.4) is 0 Å². The molecular weight excluding hydrogens is 787 g/mol. The van der Waals surface area contributed by atoms with Crippen LogP contribution in [-0.4, -0.2) is 0 Å². The van der Waals surface area contributed by atoms with Crippen molar-refractivity contribution in [3.63, 3.8) is 0 Å². The average molecular weight is 842 g/mol. The average Bonchev–Trinajstić information content (AvgIpc) is 3.83. The van der Waals surface area contributed by atoms with E-state index >= 15 is 0 Å². The maximum atomic E-state index is 6.55. The molecule has 2 nitrogen and oxygen atoms in total. The van der Waals surface area contributed by atoms with Crippen molar-refractivity contribution in [3.05, 3.63) is 198 Å². The first-order valence-electron chi connectivity index (χ1n) is 23.8. The van der Waals surface area contributed by atoms with Gasteiger partial charge >= 0.3 is 0 Å². The zero-order chi connectivity index (χ0) is 44.0. The Morgan fingerprint density at radius 3 is 2.00 bits per heavy atom. The second-order valence-electron chi connectivity index (χ2n) is 20.3. The number of rotatable bonds is 6. The molecular formula is C63H55NO. The molecule has 0 amide bonds. The molecule has 1 heterocycles. The van der Waals surface area contributed by atoms with Gasteiger partial charge in [-0.2, -0.15) is 0 Å². The Morgan fingerprint density at radius 2 is 1.20 bits per heavy atom. The molecule has 0 aliphatic heterocycles. The van der Waals surface area contributed by atoms with Crippen molar-refractivity contribution in [1.29, 1.82) is 0 Å². The van der Waals surface area contributed by atoms with Gasteiger partial charge in [-0.1, -0.05) is 181 Å². The van der Waals surface area contributed by atoms with Crippen LogP contribution < -0.4 is 4.90 Å². The monoisotopic (exact) mass is 841 g/mol. The first-order chi connectivity index (χ1) is 31.6. The number of hydrogen-bond donors (Lipinski definition) is 0. The molecule has 0 spiro atoms. The number of fused-ring (bicyclic) bond motifs is 9. The van der Waals surface area contributed by atoms with E-state index in [2.05, 4.69) is 215 Å². The number of anilines is 3. The van der Waals surface area contributed by atoms with Crippen LogP contribution in [0.1, 0.15) is 94.9 Å². The fourth-order valence-electron chi connectivity index (χ4n) is 11.5. The Hall–Kier alpha value is -6.90. The minimum absolute atomic E-state index is 0.0445. The first kappa shape index (κ1) is 39.7. The minimum Gasteiger partial charge on any atom is -0.456 e. The lowest BCUT2D eigenvalue weighted by molar-refractivity contribution is 0.443. The molecule has 2 aliphatic carbocycles. The van der Waals surface area contributed by atoms with Gasteiger partial charge in [0.2, 0.25) is 0 Å². The van der Waals surface area contributed by atoms with Gasteiger partial charge in [-0.3, -0.25) is 0 Å². The molecule has 10 aromatic rings. The van der Waals surface area contributed by atoms with Gasteiger partial charge in [0, 0.05) is 33.0 Å². The molecule has 2 heteroatoms. The van der Waals surface area contributed by atoms with Gasteiger partial charge in [-0.25, -0.2) is 0 Å². The number of furan rings is 1. The fourth-order valence-corrected chi connectivity index (χ4v) is 11.5. The Labute approximate surface area is 383 Å². The molecule has 12 rings (SSSR count). The minimum atomic E-state index is -0.172. The van der Waals surface area contributed by atoms with E-state index in [-0.39, 0.29) is 10.8 Å². The van der Waals surface area contributed by atoms with E-state index in [1.165, 1.54) is 115 Å². The third kappa shape index (κ3) is 6.52. The topological polar surface area (TPSA) is 16.4 Å². The molecule has 9 aromatic carbocycles. The Bertz CT molecular complexity index is 3480. The third-order valence-electron chi connectivity index (χ3n) is 15.0. The lowest BCUT2D eigenvalue weighted by Gasteiger charge is -2.32. The van der Waals surface area contributed by atoms with Crippen molar-refractivity contribution in [2.45, 2.75) is 83.5 Å². The smallest absolute Gasteiger partial charge is 0.136 e. The highest BCUT2D eigenvalue weighted by molar-refractivity contribution is 6.19. The van der Waals surface area contributed by atoms with Crippen LogP contribution in [0.2, 0.25) is 0 Å². The molecule has 0 N–H and O–H groups in total. The van der Waals surface area contributed by atoms with E-state index in [1.807, 2.05) is 0 Å². The summed E-state index contributed by atoms with van der Waals surface area (Å²) in [6.45, 7) is 11.8. The normalized spacial score (nSPS) is 14.9. The first-order valence-corrected chi connectivity index (χ1v) is 23.8. The summed E-state index contributed by atoms with van der Waals surface area (Å²) >= 11 is 0. The molecule has 65 heavy (non-hydrogen) atoms. The molecule has 0 atom stereocenters. The van der Waals surface area contributed by atoms with Gasteiger partial charge in [0.15, 0.2) is 0 Å². The summed E-state index contributed by atoms with van der Waals surface area (Å²) in [7, 11) is 0. The zero-order valence-corrected chi connectivity index (χ0v) is 38.2. The SMILES string of the molecule is CC(C)(C)c1ccc2c(c1)C(C)(C)c1cccc(N(c3ccc(C4CCCCC4)cc3)c3cccc(-c4ccc5oc6ccc7ccccc7c6c5c4)c3-c3ccc4ccccc4c3)c1-2. The van der Waals surface area contributed by atoms with Gasteiger partial charge in [-0.15, -0.1) is 0 Å². The van der Waals surface area contributed by atoms with Crippen molar-refractivity contribution in [1.82, 2.24) is 0 Å². The van der Waals surface area contributed by atoms with E-state index in [9.17, 15) is 0 Å². The summed E-state index contributed by atoms with van der Waals surface area (Å²) in [4.78, 5) is 2.58. The molecule has 0 radical (unpaired) electrons. The predicted octanol–water partition coefficient (Wildman–Crippen LogP) is 18.3. The van der Waals surface area contributed by atoms with Crippen LogP contribution in [-0.2, 0) is 10.8 Å². The van der Waals surface area contributed by atoms with Gasteiger partial charge in [-0.05, 0) is 139 Å². The maximum absolute atomic E-state index is 6.55. The summed E-state index contributed by atoms with van der Waals surface area (Å²) in [5, 5.41) is 7.18. The van der Waals surface area contributed by atoms with Crippen molar-refractivity contribution in [2.75, 3.05) is 4.90 Å². The second kappa shape index (κ2) is 15.1. The van der Waals surface area contributed by atoms with Crippen LogP contribution in [0, 0.1) is 0 Å². The van der Waals surface area contributed by atoms with E-state index in [0.717, 1.165) is 33.5 Å².